The first kappa shape index (κ1) is 19.0. The number of aromatic nitrogens is 2. The van der Waals surface area contributed by atoms with E-state index in [1.807, 2.05) is 36.1 Å². The summed E-state index contributed by atoms with van der Waals surface area (Å²) in [7, 11) is 1.93. The smallest absolute Gasteiger partial charge is 0.189 e. The predicted octanol–water partition coefficient (Wildman–Crippen LogP) is 3.71. The lowest BCUT2D eigenvalue weighted by Gasteiger charge is -2.15. The molecule has 0 bridgehead atoms. The Kier molecular flexibility index (Phi) is 7.04. The Hall–Kier alpha value is -2.30. The van der Waals surface area contributed by atoms with Crippen molar-refractivity contribution in [2.24, 2.45) is 23.7 Å². The standard InChI is InChI=1S/C20H31N5/c1-15(2)9-8-10-16(3)23-20(21)22-13-18-14-25(4)24-19(18)17-11-6-5-7-12-17/h5-7,11-12,14-16H,8-10,13H2,1-4H3,(H3,21,22,23). The van der Waals surface area contributed by atoms with Crippen molar-refractivity contribution < 1.29 is 0 Å². The van der Waals surface area contributed by atoms with Crippen molar-refractivity contribution in [2.75, 3.05) is 0 Å². The zero-order valence-corrected chi connectivity index (χ0v) is 15.9. The summed E-state index contributed by atoms with van der Waals surface area (Å²) in [6.07, 6.45) is 5.57. The van der Waals surface area contributed by atoms with Crippen LogP contribution < -0.4 is 11.1 Å². The minimum Gasteiger partial charge on any atom is -0.370 e. The highest BCUT2D eigenvalue weighted by Gasteiger charge is 2.10. The van der Waals surface area contributed by atoms with Crippen LogP contribution in [0, 0.1) is 5.92 Å². The van der Waals surface area contributed by atoms with Crippen LogP contribution in [0.25, 0.3) is 11.3 Å². The van der Waals surface area contributed by atoms with Crippen LogP contribution in [0.1, 0.15) is 45.6 Å². The highest BCUT2D eigenvalue weighted by molar-refractivity contribution is 5.78. The Balaban J connectivity index is 1.95. The van der Waals surface area contributed by atoms with Crippen LogP contribution in [0.5, 0.6) is 0 Å². The monoisotopic (exact) mass is 341 g/mol. The van der Waals surface area contributed by atoms with Gasteiger partial charge in [-0.2, -0.15) is 5.10 Å². The molecule has 0 radical (unpaired) electrons. The Morgan fingerprint density at radius 1 is 1.20 bits per heavy atom. The number of nitrogens with two attached hydrogens (primary N) is 1. The van der Waals surface area contributed by atoms with Gasteiger partial charge in [0.05, 0.1) is 12.2 Å². The van der Waals surface area contributed by atoms with E-state index in [1.165, 1.54) is 12.8 Å². The largest absolute Gasteiger partial charge is 0.370 e. The number of benzene rings is 1. The molecule has 1 heterocycles. The maximum Gasteiger partial charge on any atom is 0.189 e. The van der Waals surface area contributed by atoms with Gasteiger partial charge in [0, 0.05) is 30.4 Å². The van der Waals surface area contributed by atoms with Crippen molar-refractivity contribution >= 4 is 5.96 Å². The molecule has 5 nitrogen and oxygen atoms in total. The molecule has 0 aliphatic heterocycles. The molecule has 0 amide bonds. The molecule has 0 aliphatic carbocycles. The summed E-state index contributed by atoms with van der Waals surface area (Å²) in [5, 5.41) is 7.85. The average molecular weight is 342 g/mol. The first-order chi connectivity index (χ1) is 12.0. The van der Waals surface area contributed by atoms with Crippen molar-refractivity contribution in [3.05, 3.63) is 42.1 Å². The highest BCUT2D eigenvalue weighted by Crippen LogP contribution is 2.22. The summed E-state index contributed by atoms with van der Waals surface area (Å²) in [6, 6.07) is 10.5. The van der Waals surface area contributed by atoms with Crippen molar-refractivity contribution in [3.8, 4) is 11.3 Å². The van der Waals surface area contributed by atoms with Crippen LogP contribution in [-0.4, -0.2) is 21.8 Å². The van der Waals surface area contributed by atoms with Crippen LogP contribution in [0.2, 0.25) is 0 Å². The van der Waals surface area contributed by atoms with Gasteiger partial charge in [-0.1, -0.05) is 57.0 Å². The number of aryl methyl sites for hydroxylation is 1. The Morgan fingerprint density at radius 2 is 1.92 bits per heavy atom. The van der Waals surface area contributed by atoms with E-state index in [2.05, 4.69) is 48.3 Å². The lowest BCUT2D eigenvalue weighted by Crippen LogP contribution is -2.38. The zero-order chi connectivity index (χ0) is 18.2. The molecule has 0 aliphatic rings. The summed E-state index contributed by atoms with van der Waals surface area (Å²) >= 11 is 0. The predicted molar refractivity (Wildman–Crippen MR) is 105 cm³/mol. The van der Waals surface area contributed by atoms with Gasteiger partial charge in [-0.05, 0) is 19.3 Å². The molecule has 25 heavy (non-hydrogen) atoms. The third-order valence-electron chi connectivity index (χ3n) is 4.18. The second-order valence-electron chi connectivity index (χ2n) is 7.11. The van der Waals surface area contributed by atoms with Gasteiger partial charge in [0.2, 0.25) is 0 Å². The molecule has 0 saturated carbocycles. The molecule has 2 aromatic rings. The third kappa shape index (κ3) is 6.25. The average Bonchev–Trinajstić information content (AvgIpc) is 2.94. The van der Waals surface area contributed by atoms with Crippen molar-refractivity contribution in [3.63, 3.8) is 0 Å². The van der Waals surface area contributed by atoms with E-state index >= 15 is 0 Å². The minimum absolute atomic E-state index is 0.338. The lowest BCUT2D eigenvalue weighted by molar-refractivity contribution is 0.493. The summed E-state index contributed by atoms with van der Waals surface area (Å²) in [5.74, 6) is 1.25. The fraction of sp³-hybridized carbons (Fsp3) is 0.500. The van der Waals surface area contributed by atoms with Crippen LogP contribution in [-0.2, 0) is 13.6 Å². The van der Waals surface area contributed by atoms with Gasteiger partial charge in [0.1, 0.15) is 0 Å². The normalized spacial score (nSPS) is 13.2. The number of guanidine groups is 1. The zero-order valence-electron chi connectivity index (χ0n) is 15.9. The number of aliphatic imine (C=N–C) groups is 1. The molecule has 0 saturated heterocycles. The molecule has 0 spiro atoms. The maximum absolute atomic E-state index is 6.06. The number of nitrogens with zero attached hydrogens (tertiary/aromatic N) is 3. The molecular formula is C20H31N5. The fourth-order valence-corrected chi connectivity index (χ4v) is 2.87. The van der Waals surface area contributed by atoms with E-state index in [0.29, 0.717) is 18.5 Å². The van der Waals surface area contributed by atoms with Crippen molar-refractivity contribution in [2.45, 2.75) is 52.6 Å². The topological polar surface area (TPSA) is 68.2 Å². The molecule has 1 atom stereocenters. The Labute approximate surface area is 151 Å². The quantitative estimate of drug-likeness (QED) is 0.568. The van der Waals surface area contributed by atoms with Crippen molar-refractivity contribution in [1.29, 1.82) is 0 Å². The van der Waals surface area contributed by atoms with Crippen LogP contribution >= 0.6 is 0 Å². The fourth-order valence-electron chi connectivity index (χ4n) is 2.87. The van der Waals surface area contributed by atoms with Crippen molar-refractivity contribution in [1.82, 2.24) is 15.1 Å². The van der Waals surface area contributed by atoms with Crippen LogP contribution in [0.3, 0.4) is 0 Å². The van der Waals surface area contributed by atoms with Gasteiger partial charge >= 0.3 is 0 Å². The molecular weight excluding hydrogens is 310 g/mol. The molecule has 1 unspecified atom stereocenters. The molecule has 5 heteroatoms. The number of nitrogens with one attached hydrogen (secondary N) is 1. The molecule has 1 aromatic carbocycles. The Bertz CT molecular complexity index is 673. The number of hydrogen-bond donors (Lipinski definition) is 2. The van der Waals surface area contributed by atoms with E-state index in [-0.39, 0.29) is 0 Å². The maximum atomic E-state index is 6.06. The summed E-state index contributed by atoms with van der Waals surface area (Å²) in [5.41, 5.74) is 9.20. The second kappa shape index (κ2) is 9.25. The highest BCUT2D eigenvalue weighted by atomic mass is 15.3. The van der Waals surface area contributed by atoms with E-state index in [4.69, 9.17) is 5.73 Å². The van der Waals surface area contributed by atoms with E-state index < -0.39 is 0 Å². The van der Waals surface area contributed by atoms with Gasteiger partial charge in [-0.25, -0.2) is 4.99 Å². The summed E-state index contributed by atoms with van der Waals surface area (Å²) in [6.45, 7) is 7.19. The van der Waals surface area contributed by atoms with Gasteiger partial charge in [0.25, 0.3) is 0 Å². The van der Waals surface area contributed by atoms with Gasteiger partial charge < -0.3 is 11.1 Å². The molecule has 0 fully saturated rings. The van der Waals surface area contributed by atoms with Crippen LogP contribution in [0.4, 0.5) is 0 Å². The first-order valence-corrected chi connectivity index (χ1v) is 9.10. The summed E-state index contributed by atoms with van der Waals surface area (Å²) in [4.78, 5) is 4.51. The molecule has 136 valence electrons. The second-order valence-corrected chi connectivity index (χ2v) is 7.11. The minimum atomic E-state index is 0.338. The number of hydrogen-bond acceptors (Lipinski definition) is 2. The molecule has 2 rings (SSSR count). The first-order valence-electron chi connectivity index (χ1n) is 9.10. The van der Waals surface area contributed by atoms with E-state index in [9.17, 15) is 0 Å². The van der Waals surface area contributed by atoms with Gasteiger partial charge in [-0.3, -0.25) is 4.68 Å². The third-order valence-corrected chi connectivity index (χ3v) is 4.18. The SMILES string of the molecule is CC(C)CCCC(C)NC(N)=NCc1cn(C)nc1-c1ccccc1. The molecule has 1 aromatic heterocycles. The van der Waals surface area contributed by atoms with E-state index in [0.717, 1.165) is 29.2 Å². The van der Waals surface area contributed by atoms with Gasteiger partial charge in [-0.15, -0.1) is 0 Å². The Morgan fingerprint density at radius 3 is 2.60 bits per heavy atom. The van der Waals surface area contributed by atoms with Gasteiger partial charge in [0.15, 0.2) is 5.96 Å². The molecule has 3 N–H and O–H groups in total. The van der Waals surface area contributed by atoms with E-state index in [1.54, 1.807) is 0 Å². The van der Waals surface area contributed by atoms with Crippen LogP contribution in [0.15, 0.2) is 41.5 Å². The summed E-state index contributed by atoms with van der Waals surface area (Å²) < 4.78 is 1.82. The number of rotatable bonds is 8. The lowest BCUT2D eigenvalue weighted by atomic mass is 10.0.